The summed E-state index contributed by atoms with van der Waals surface area (Å²) in [6, 6.07) is 4.47. The Kier molecular flexibility index (Phi) is 2.73. The van der Waals surface area contributed by atoms with E-state index in [0.29, 0.717) is 6.42 Å². The molecule has 1 N–H and O–H groups in total. The molecule has 4 heteroatoms. The van der Waals surface area contributed by atoms with E-state index in [0.717, 1.165) is 11.1 Å². The monoisotopic (exact) mass is 221 g/mol. The van der Waals surface area contributed by atoms with Gasteiger partial charge >= 0.3 is 0 Å². The maximum atomic E-state index is 12.9. The van der Waals surface area contributed by atoms with Crippen molar-refractivity contribution in [3.05, 3.63) is 35.1 Å². The van der Waals surface area contributed by atoms with E-state index in [2.05, 4.69) is 5.32 Å². The lowest BCUT2D eigenvalue weighted by molar-refractivity contribution is -0.125. The number of carbonyl (C=O) groups excluding carboxylic acids is 2. The quantitative estimate of drug-likeness (QED) is 0.766. The lowest BCUT2D eigenvalue weighted by atomic mass is 9.95. The maximum absolute atomic E-state index is 12.9. The van der Waals surface area contributed by atoms with E-state index in [1.54, 1.807) is 13.0 Å². The van der Waals surface area contributed by atoms with Gasteiger partial charge < -0.3 is 0 Å². The third-order valence-electron chi connectivity index (χ3n) is 2.84. The molecule has 2 rings (SSSR count). The van der Waals surface area contributed by atoms with E-state index in [4.69, 9.17) is 0 Å². The molecule has 0 saturated carbocycles. The standard InChI is InChI=1S/C12H12FNO2/c1-7-4-10(13)3-2-8(7)5-9-6-11(15)14-12(9)16/h2-4,9H,5-6H2,1H3,(H,14,15,16). The zero-order valence-electron chi connectivity index (χ0n) is 8.92. The molecule has 1 saturated heterocycles. The molecular formula is C12H12FNO2. The first-order valence-corrected chi connectivity index (χ1v) is 5.15. The zero-order chi connectivity index (χ0) is 11.7. The molecule has 1 heterocycles. The molecule has 3 nitrogen and oxygen atoms in total. The first-order valence-electron chi connectivity index (χ1n) is 5.15. The third kappa shape index (κ3) is 2.10. The first kappa shape index (κ1) is 10.8. The fraction of sp³-hybridized carbons (Fsp3) is 0.333. The van der Waals surface area contributed by atoms with E-state index in [-0.39, 0.29) is 30.0 Å². The molecule has 0 bridgehead atoms. The Balaban J connectivity index is 2.15. The van der Waals surface area contributed by atoms with E-state index < -0.39 is 0 Å². The minimum absolute atomic E-state index is 0.227. The van der Waals surface area contributed by atoms with E-state index >= 15 is 0 Å². The highest BCUT2D eigenvalue weighted by Gasteiger charge is 2.30. The number of hydrogen-bond donors (Lipinski definition) is 1. The van der Waals surface area contributed by atoms with Gasteiger partial charge in [-0.1, -0.05) is 6.07 Å². The minimum Gasteiger partial charge on any atom is -0.296 e. The smallest absolute Gasteiger partial charge is 0.230 e. The first-order chi connectivity index (χ1) is 7.56. The number of imide groups is 1. The number of nitrogens with one attached hydrogen (secondary N) is 1. The summed E-state index contributed by atoms with van der Waals surface area (Å²) in [5.74, 6) is -1.05. The molecule has 1 aliphatic rings. The Labute approximate surface area is 92.7 Å². The lowest BCUT2D eigenvalue weighted by Gasteiger charge is -2.08. The van der Waals surface area contributed by atoms with Crippen LogP contribution in [0, 0.1) is 18.7 Å². The highest BCUT2D eigenvalue weighted by molar-refractivity contribution is 6.03. The average molecular weight is 221 g/mol. The van der Waals surface area contributed by atoms with Gasteiger partial charge in [-0.2, -0.15) is 0 Å². The normalized spacial score (nSPS) is 20.0. The number of benzene rings is 1. The Morgan fingerprint density at radius 2 is 2.19 bits per heavy atom. The highest BCUT2D eigenvalue weighted by atomic mass is 19.1. The topological polar surface area (TPSA) is 46.2 Å². The summed E-state index contributed by atoms with van der Waals surface area (Å²) in [7, 11) is 0. The van der Waals surface area contributed by atoms with Gasteiger partial charge in [0.15, 0.2) is 0 Å². The summed E-state index contributed by atoms with van der Waals surface area (Å²) in [5, 5.41) is 2.27. The fourth-order valence-electron chi connectivity index (χ4n) is 1.93. The Hall–Kier alpha value is -1.71. The molecule has 0 radical (unpaired) electrons. The van der Waals surface area contributed by atoms with E-state index in [9.17, 15) is 14.0 Å². The van der Waals surface area contributed by atoms with Crippen LogP contribution in [-0.4, -0.2) is 11.8 Å². The summed E-state index contributed by atoms with van der Waals surface area (Å²) in [6.45, 7) is 1.80. The van der Waals surface area contributed by atoms with Crippen molar-refractivity contribution in [3.63, 3.8) is 0 Å². The Morgan fingerprint density at radius 3 is 2.75 bits per heavy atom. The van der Waals surface area contributed by atoms with Crippen LogP contribution in [0.2, 0.25) is 0 Å². The van der Waals surface area contributed by atoms with Gasteiger partial charge in [0.2, 0.25) is 11.8 Å². The van der Waals surface area contributed by atoms with Crippen LogP contribution in [0.5, 0.6) is 0 Å². The van der Waals surface area contributed by atoms with Crippen molar-refractivity contribution < 1.29 is 14.0 Å². The van der Waals surface area contributed by atoms with Gasteiger partial charge in [0.05, 0.1) is 5.92 Å². The van der Waals surface area contributed by atoms with Crippen molar-refractivity contribution in [3.8, 4) is 0 Å². The predicted molar refractivity (Wildman–Crippen MR) is 56.1 cm³/mol. The highest BCUT2D eigenvalue weighted by Crippen LogP contribution is 2.20. The van der Waals surface area contributed by atoms with Gasteiger partial charge in [-0.05, 0) is 36.6 Å². The van der Waals surface area contributed by atoms with Gasteiger partial charge in [0, 0.05) is 6.42 Å². The molecule has 0 aromatic heterocycles. The summed E-state index contributed by atoms with van der Waals surface area (Å²) in [4.78, 5) is 22.4. The van der Waals surface area contributed by atoms with Crippen molar-refractivity contribution in [2.45, 2.75) is 19.8 Å². The molecule has 1 fully saturated rings. The van der Waals surface area contributed by atoms with Crippen LogP contribution in [0.25, 0.3) is 0 Å². The number of aryl methyl sites for hydroxylation is 1. The molecular weight excluding hydrogens is 209 g/mol. The molecule has 1 aromatic carbocycles. The van der Waals surface area contributed by atoms with Crippen LogP contribution < -0.4 is 5.32 Å². The van der Waals surface area contributed by atoms with Crippen molar-refractivity contribution in [1.29, 1.82) is 0 Å². The van der Waals surface area contributed by atoms with Gasteiger partial charge in [-0.15, -0.1) is 0 Å². The summed E-state index contributed by atoms with van der Waals surface area (Å²) in [5.41, 5.74) is 1.73. The van der Waals surface area contributed by atoms with Crippen LogP contribution in [0.4, 0.5) is 4.39 Å². The minimum atomic E-state index is -0.309. The number of rotatable bonds is 2. The van der Waals surface area contributed by atoms with Crippen LogP contribution in [0.3, 0.4) is 0 Å². The van der Waals surface area contributed by atoms with Crippen LogP contribution in [-0.2, 0) is 16.0 Å². The lowest BCUT2D eigenvalue weighted by Crippen LogP contribution is -2.23. The summed E-state index contributed by atoms with van der Waals surface area (Å²) >= 11 is 0. The van der Waals surface area contributed by atoms with Crippen molar-refractivity contribution in [1.82, 2.24) is 5.32 Å². The predicted octanol–water partition coefficient (Wildman–Crippen LogP) is 1.34. The Bertz CT molecular complexity index is 456. The van der Waals surface area contributed by atoms with Gasteiger partial charge in [-0.25, -0.2) is 4.39 Å². The summed E-state index contributed by atoms with van der Waals surface area (Å²) in [6.07, 6.45) is 0.722. The SMILES string of the molecule is Cc1cc(F)ccc1CC1CC(=O)NC1=O. The second kappa shape index (κ2) is 4.04. The summed E-state index contributed by atoms with van der Waals surface area (Å²) < 4.78 is 12.9. The van der Waals surface area contributed by atoms with Crippen LogP contribution >= 0.6 is 0 Å². The fourth-order valence-corrected chi connectivity index (χ4v) is 1.93. The molecule has 1 atom stereocenters. The number of halogens is 1. The molecule has 1 aromatic rings. The zero-order valence-corrected chi connectivity index (χ0v) is 8.92. The van der Waals surface area contributed by atoms with Crippen LogP contribution in [0.1, 0.15) is 17.5 Å². The van der Waals surface area contributed by atoms with E-state index in [1.807, 2.05) is 0 Å². The Morgan fingerprint density at radius 1 is 1.44 bits per heavy atom. The molecule has 84 valence electrons. The molecule has 0 aliphatic carbocycles. The molecule has 2 amide bonds. The molecule has 0 spiro atoms. The van der Waals surface area contributed by atoms with Crippen molar-refractivity contribution >= 4 is 11.8 Å². The molecule has 1 aliphatic heterocycles. The number of amides is 2. The maximum Gasteiger partial charge on any atom is 0.230 e. The second-order valence-corrected chi connectivity index (χ2v) is 4.09. The van der Waals surface area contributed by atoms with Gasteiger partial charge in [0.25, 0.3) is 0 Å². The average Bonchev–Trinajstić information content (AvgIpc) is 2.50. The van der Waals surface area contributed by atoms with Gasteiger partial charge in [-0.3, -0.25) is 14.9 Å². The second-order valence-electron chi connectivity index (χ2n) is 4.09. The molecule has 16 heavy (non-hydrogen) atoms. The van der Waals surface area contributed by atoms with E-state index in [1.165, 1.54) is 12.1 Å². The van der Waals surface area contributed by atoms with Gasteiger partial charge in [0.1, 0.15) is 5.82 Å². The van der Waals surface area contributed by atoms with Crippen LogP contribution in [0.15, 0.2) is 18.2 Å². The number of carbonyl (C=O) groups is 2. The van der Waals surface area contributed by atoms with Crippen molar-refractivity contribution in [2.75, 3.05) is 0 Å². The third-order valence-corrected chi connectivity index (χ3v) is 2.84. The largest absolute Gasteiger partial charge is 0.296 e. The van der Waals surface area contributed by atoms with Crippen molar-refractivity contribution in [2.24, 2.45) is 5.92 Å². The molecule has 1 unspecified atom stereocenters. The number of hydrogen-bond acceptors (Lipinski definition) is 2.